The largest absolute Gasteiger partial charge is 0.490 e. The molecule has 0 aromatic heterocycles. The van der Waals surface area contributed by atoms with Crippen molar-refractivity contribution in [3.63, 3.8) is 0 Å². The van der Waals surface area contributed by atoms with Gasteiger partial charge in [-0.25, -0.2) is 0 Å². The van der Waals surface area contributed by atoms with E-state index in [0.29, 0.717) is 12.2 Å². The summed E-state index contributed by atoms with van der Waals surface area (Å²) in [6.45, 7) is 2.68. The van der Waals surface area contributed by atoms with E-state index >= 15 is 0 Å². The Labute approximate surface area is 181 Å². The highest BCUT2D eigenvalue weighted by Gasteiger charge is 2.05. The summed E-state index contributed by atoms with van der Waals surface area (Å²) in [5.41, 5.74) is 0.0200. The van der Waals surface area contributed by atoms with Gasteiger partial charge >= 0.3 is 5.97 Å². The number of non-ortho nitro benzene ring substituents is 1. The highest BCUT2D eigenvalue weighted by Crippen LogP contribution is 2.17. The van der Waals surface area contributed by atoms with Gasteiger partial charge in [-0.3, -0.25) is 14.9 Å². The molecule has 0 fully saturated rings. The third-order valence-corrected chi connectivity index (χ3v) is 5.15. The van der Waals surface area contributed by atoms with Crippen LogP contribution in [0.25, 0.3) is 0 Å². The lowest BCUT2D eigenvalue weighted by atomic mass is 10.0. The number of rotatable bonds is 19. The Kier molecular flexibility index (Phi) is 15.3. The van der Waals surface area contributed by atoms with Crippen molar-refractivity contribution in [1.82, 2.24) is 0 Å². The van der Waals surface area contributed by atoms with Crippen LogP contribution >= 0.6 is 0 Å². The van der Waals surface area contributed by atoms with E-state index in [1.54, 1.807) is 0 Å². The lowest BCUT2D eigenvalue weighted by molar-refractivity contribution is -0.384. The first-order chi connectivity index (χ1) is 14.6. The van der Waals surface area contributed by atoms with Crippen LogP contribution in [-0.2, 0) is 9.53 Å². The van der Waals surface area contributed by atoms with Gasteiger partial charge in [0.2, 0.25) is 0 Å². The summed E-state index contributed by atoms with van der Waals surface area (Å²) in [5.74, 6) is 0.332. The molecule has 0 heterocycles. The minimum Gasteiger partial charge on any atom is -0.490 e. The minimum absolute atomic E-state index is 0.0200. The monoisotopic (exact) mass is 421 g/mol. The maximum atomic E-state index is 11.7. The highest BCUT2D eigenvalue weighted by atomic mass is 16.6. The van der Waals surface area contributed by atoms with Crippen molar-refractivity contribution in [3.8, 4) is 5.75 Å². The van der Waals surface area contributed by atoms with E-state index in [1.807, 2.05) is 0 Å². The van der Waals surface area contributed by atoms with Crippen LogP contribution in [0.1, 0.15) is 96.8 Å². The Balaban J connectivity index is 1.86. The van der Waals surface area contributed by atoms with Gasteiger partial charge in [0, 0.05) is 18.6 Å². The van der Waals surface area contributed by atoms with E-state index in [9.17, 15) is 14.9 Å². The van der Waals surface area contributed by atoms with Crippen LogP contribution < -0.4 is 4.74 Å². The van der Waals surface area contributed by atoms with E-state index in [-0.39, 0.29) is 24.9 Å². The fourth-order valence-electron chi connectivity index (χ4n) is 3.34. The van der Waals surface area contributed by atoms with Crippen molar-refractivity contribution in [2.45, 2.75) is 96.8 Å². The molecule has 30 heavy (non-hydrogen) atoms. The van der Waals surface area contributed by atoms with E-state index in [4.69, 9.17) is 9.47 Å². The Morgan fingerprint density at radius 2 is 1.30 bits per heavy atom. The van der Waals surface area contributed by atoms with Crippen molar-refractivity contribution in [3.05, 3.63) is 34.4 Å². The zero-order valence-corrected chi connectivity index (χ0v) is 18.6. The molecule has 1 rings (SSSR count). The SMILES string of the molecule is CCCCCCCCCCCCCCCC(=O)OCCOc1ccc([N+](=O)[O-])cc1. The van der Waals surface area contributed by atoms with Gasteiger partial charge < -0.3 is 9.47 Å². The van der Waals surface area contributed by atoms with Crippen LogP contribution in [0.2, 0.25) is 0 Å². The number of nitro groups is 1. The van der Waals surface area contributed by atoms with E-state index in [1.165, 1.54) is 94.9 Å². The zero-order chi connectivity index (χ0) is 21.9. The second-order valence-electron chi connectivity index (χ2n) is 7.81. The van der Waals surface area contributed by atoms with E-state index in [2.05, 4.69) is 6.92 Å². The average molecular weight is 422 g/mol. The summed E-state index contributed by atoms with van der Waals surface area (Å²) < 4.78 is 10.6. The first-order valence-corrected chi connectivity index (χ1v) is 11.7. The molecule has 0 spiro atoms. The second kappa shape index (κ2) is 17.7. The average Bonchev–Trinajstić information content (AvgIpc) is 2.75. The zero-order valence-electron chi connectivity index (χ0n) is 18.6. The molecule has 0 saturated heterocycles. The van der Waals surface area contributed by atoms with Gasteiger partial charge in [0.25, 0.3) is 5.69 Å². The third-order valence-electron chi connectivity index (χ3n) is 5.15. The van der Waals surface area contributed by atoms with Gasteiger partial charge in [-0.1, -0.05) is 84.0 Å². The smallest absolute Gasteiger partial charge is 0.305 e. The fourth-order valence-corrected chi connectivity index (χ4v) is 3.34. The number of hydrogen-bond acceptors (Lipinski definition) is 5. The van der Waals surface area contributed by atoms with Gasteiger partial charge in [0.15, 0.2) is 0 Å². The summed E-state index contributed by atoms with van der Waals surface area (Å²) in [6.07, 6.45) is 17.1. The van der Waals surface area contributed by atoms with Gasteiger partial charge in [-0.05, 0) is 18.6 Å². The maximum Gasteiger partial charge on any atom is 0.305 e. The topological polar surface area (TPSA) is 78.7 Å². The quantitative estimate of drug-likeness (QED) is 0.104. The fraction of sp³-hybridized carbons (Fsp3) is 0.708. The molecule has 0 aliphatic carbocycles. The van der Waals surface area contributed by atoms with Gasteiger partial charge in [-0.15, -0.1) is 0 Å². The Morgan fingerprint density at radius 3 is 1.80 bits per heavy atom. The Morgan fingerprint density at radius 1 is 0.800 bits per heavy atom. The molecule has 0 bridgehead atoms. The molecule has 0 aliphatic rings. The number of ether oxygens (including phenoxy) is 2. The van der Waals surface area contributed by atoms with Gasteiger partial charge in [-0.2, -0.15) is 0 Å². The molecule has 0 unspecified atom stereocenters. The second-order valence-corrected chi connectivity index (χ2v) is 7.81. The standard InChI is InChI=1S/C24H39NO5/c1-2-3-4-5-6-7-8-9-10-11-12-13-14-15-24(26)30-21-20-29-23-18-16-22(17-19-23)25(27)28/h16-19H,2-15,20-21H2,1H3. The number of nitro benzene ring substituents is 1. The molecule has 0 aliphatic heterocycles. The molecule has 170 valence electrons. The number of carbonyl (C=O) groups is 1. The number of benzene rings is 1. The van der Waals surface area contributed by atoms with E-state index in [0.717, 1.165) is 12.8 Å². The van der Waals surface area contributed by atoms with Crippen LogP contribution in [0.3, 0.4) is 0 Å². The van der Waals surface area contributed by atoms with Gasteiger partial charge in [0.05, 0.1) is 4.92 Å². The normalized spacial score (nSPS) is 10.7. The molecule has 6 nitrogen and oxygen atoms in total. The number of carbonyl (C=O) groups excluding carboxylic acids is 1. The van der Waals surface area contributed by atoms with Crippen LogP contribution in [0, 0.1) is 10.1 Å². The molecule has 0 saturated carbocycles. The molecule has 1 aromatic carbocycles. The minimum atomic E-state index is -0.456. The highest BCUT2D eigenvalue weighted by molar-refractivity contribution is 5.69. The number of esters is 1. The molecule has 1 aromatic rings. The van der Waals surface area contributed by atoms with Crippen molar-refractivity contribution < 1.29 is 19.2 Å². The van der Waals surface area contributed by atoms with Crippen LogP contribution in [0.5, 0.6) is 5.75 Å². The molecule has 6 heteroatoms. The molecule has 0 amide bonds. The molecule has 0 radical (unpaired) electrons. The van der Waals surface area contributed by atoms with Crippen LogP contribution in [0.15, 0.2) is 24.3 Å². The Hall–Kier alpha value is -2.11. The first kappa shape index (κ1) is 25.9. The van der Waals surface area contributed by atoms with Crippen molar-refractivity contribution in [1.29, 1.82) is 0 Å². The number of unbranched alkanes of at least 4 members (excludes halogenated alkanes) is 12. The summed E-state index contributed by atoms with van der Waals surface area (Å²) in [6, 6.07) is 5.84. The predicted molar refractivity (Wildman–Crippen MR) is 120 cm³/mol. The summed E-state index contributed by atoms with van der Waals surface area (Å²) >= 11 is 0. The molecule has 0 N–H and O–H groups in total. The molecular formula is C24H39NO5. The number of nitrogens with zero attached hydrogens (tertiary/aromatic N) is 1. The van der Waals surface area contributed by atoms with Gasteiger partial charge in [0.1, 0.15) is 19.0 Å². The molecule has 0 atom stereocenters. The summed E-state index contributed by atoms with van der Waals surface area (Å²) in [7, 11) is 0. The maximum absolute atomic E-state index is 11.7. The Bertz CT molecular complexity index is 573. The molecular weight excluding hydrogens is 382 g/mol. The first-order valence-electron chi connectivity index (χ1n) is 11.7. The number of hydrogen-bond donors (Lipinski definition) is 0. The van der Waals surface area contributed by atoms with E-state index < -0.39 is 4.92 Å². The summed E-state index contributed by atoms with van der Waals surface area (Å²) in [4.78, 5) is 21.9. The lowest BCUT2D eigenvalue weighted by Gasteiger charge is -2.07. The van der Waals surface area contributed by atoms with Crippen LogP contribution in [0.4, 0.5) is 5.69 Å². The van der Waals surface area contributed by atoms with Crippen molar-refractivity contribution in [2.24, 2.45) is 0 Å². The van der Waals surface area contributed by atoms with Crippen molar-refractivity contribution >= 4 is 11.7 Å². The lowest BCUT2D eigenvalue weighted by Crippen LogP contribution is -2.12. The summed E-state index contributed by atoms with van der Waals surface area (Å²) in [5, 5.41) is 10.6. The van der Waals surface area contributed by atoms with Crippen LogP contribution in [-0.4, -0.2) is 24.1 Å². The van der Waals surface area contributed by atoms with Crippen molar-refractivity contribution in [2.75, 3.05) is 13.2 Å². The predicted octanol–water partition coefficient (Wildman–Crippen LogP) is 7.00. The third kappa shape index (κ3) is 14.0.